The Morgan fingerprint density at radius 1 is 1.43 bits per heavy atom. The molecule has 0 aliphatic heterocycles. The van der Waals surface area contributed by atoms with Crippen molar-refractivity contribution in [1.82, 2.24) is 14.7 Å². The van der Waals surface area contributed by atoms with E-state index >= 15 is 0 Å². The van der Waals surface area contributed by atoms with Crippen LogP contribution in [0.3, 0.4) is 0 Å². The van der Waals surface area contributed by atoms with Crippen molar-refractivity contribution in [3.8, 4) is 0 Å². The van der Waals surface area contributed by atoms with Crippen LogP contribution in [-0.2, 0) is 4.79 Å². The highest BCUT2D eigenvalue weighted by Crippen LogP contribution is 2.28. The maximum Gasteiger partial charge on any atom is 0.372 e. The molecular weight excluding hydrogens is 298 g/mol. The van der Waals surface area contributed by atoms with Gasteiger partial charge in [-0.25, -0.2) is 0 Å². The van der Waals surface area contributed by atoms with Crippen LogP contribution < -0.4 is 10.2 Å². The summed E-state index contributed by atoms with van der Waals surface area (Å²) >= 11 is 0. The van der Waals surface area contributed by atoms with Gasteiger partial charge in [0.1, 0.15) is 0 Å². The number of hydrogen-bond acceptors (Lipinski definition) is 5. The first-order valence-electron chi connectivity index (χ1n) is 7.40. The molecule has 2 aromatic heterocycles. The summed E-state index contributed by atoms with van der Waals surface area (Å²) in [6.45, 7) is 7.93. The van der Waals surface area contributed by atoms with Gasteiger partial charge in [-0.15, -0.1) is 0 Å². The summed E-state index contributed by atoms with van der Waals surface area (Å²) in [6.07, 6.45) is 1.59. The first-order chi connectivity index (χ1) is 10.7. The number of amides is 1. The summed E-state index contributed by atoms with van der Waals surface area (Å²) in [5.74, 6) is -0.135. The van der Waals surface area contributed by atoms with Crippen LogP contribution in [-0.4, -0.2) is 38.8 Å². The minimum atomic E-state index is -0.473. The minimum Gasteiger partial charge on any atom is -0.358 e. The van der Waals surface area contributed by atoms with Gasteiger partial charge in [-0.3, -0.25) is 4.79 Å². The molecule has 1 N–H and O–H groups in total. The van der Waals surface area contributed by atoms with E-state index in [0.29, 0.717) is 12.2 Å². The second kappa shape index (κ2) is 6.23. The number of carbonyl (C=O) groups excluding carboxylic acids is 1. The first-order valence-corrected chi connectivity index (χ1v) is 7.40. The van der Waals surface area contributed by atoms with Crippen LogP contribution in [0.2, 0.25) is 0 Å². The lowest BCUT2D eigenvalue weighted by Gasteiger charge is -2.24. The van der Waals surface area contributed by atoms with Crippen molar-refractivity contribution in [3.05, 3.63) is 34.5 Å². The second-order valence-corrected chi connectivity index (χ2v) is 6.26. The number of nitrogens with zero attached hydrogens (tertiary/aromatic N) is 4. The van der Waals surface area contributed by atoms with Crippen LogP contribution >= 0.6 is 0 Å². The van der Waals surface area contributed by atoms with Crippen molar-refractivity contribution in [2.24, 2.45) is 0 Å². The van der Waals surface area contributed by atoms with E-state index in [0.717, 1.165) is 0 Å². The molecule has 0 saturated heterocycles. The normalized spacial score (nSPS) is 11.5. The van der Waals surface area contributed by atoms with Crippen LogP contribution in [0, 0.1) is 10.1 Å². The van der Waals surface area contributed by atoms with Gasteiger partial charge in [0.2, 0.25) is 17.4 Å². The fourth-order valence-electron chi connectivity index (χ4n) is 2.32. The fourth-order valence-corrected chi connectivity index (χ4v) is 2.32. The van der Waals surface area contributed by atoms with E-state index in [-0.39, 0.29) is 29.6 Å². The van der Waals surface area contributed by atoms with Gasteiger partial charge in [0, 0.05) is 18.2 Å². The highest BCUT2D eigenvalue weighted by molar-refractivity contribution is 5.82. The Kier molecular flexibility index (Phi) is 4.53. The third kappa shape index (κ3) is 3.77. The molecular formula is C15H21N5O3. The molecule has 1 amide bonds. The zero-order valence-electron chi connectivity index (χ0n) is 13.7. The van der Waals surface area contributed by atoms with E-state index in [1.807, 2.05) is 27.7 Å². The summed E-state index contributed by atoms with van der Waals surface area (Å²) in [5.41, 5.74) is 0.116. The molecule has 0 atom stereocenters. The molecule has 124 valence electrons. The topological polar surface area (TPSA) is 92.8 Å². The van der Waals surface area contributed by atoms with Gasteiger partial charge in [0.15, 0.2) is 0 Å². The molecule has 0 aliphatic rings. The zero-order chi connectivity index (χ0) is 17.2. The number of rotatable bonds is 5. The van der Waals surface area contributed by atoms with Crippen molar-refractivity contribution in [2.45, 2.75) is 33.2 Å². The fraction of sp³-hybridized carbons (Fsp3) is 0.467. The number of nitrogens with one attached hydrogen (secondary N) is 1. The third-order valence-electron chi connectivity index (χ3n) is 3.19. The Balaban J connectivity index is 2.38. The lowest BCUT2D eigenvalue weighted by Crippen LogP contribution is -2.46. The molecule has 2 aromatic rings. The molecule has 0 unspecified atom stereocenters. The number of likely N-dealkylation sites (N-methyl/N-ethyl adjacent to an activating group) is 1. The van der Waals surface area contributed by atoms with Gasteiger partial charge in [-0.05, 0) is 38.7 Å². The van der Waals surface area contributed by atoms with Crippen LogP contribution in [0.4, 0.5) is 11.6 Å². The number of fused-ring (bicyclic) bond motifs is 1. The Labute approximate surface area is 134 Å². The molecule has 2 heterocycles. The average Bonchev–Trinajstić information content (AvgIpc) is 2.82. The van der Waals surface area contributed by atoms with Crippen molar-refractivity contribution in [1.29, 1.82) is 0 Å². The molecule has 23 heavy (non-hydrogen) atoms. The molecule has 0 spiro atoms. The monoisotopic (exact) mass is 319 g/mol. The van der Waals surface area contributed by atoms with Crippen molar-refractivity contribution in [3.63, 3.8) is 0 Å². The Hall–Kier alpha value is -2.64. The van der Waals surface area contributed by atoms with E-state index < -0.39 is 4.92 Å². The minimum absolute atomic E-state index is 0.0124. The second-order valence-electron chi connectivity index (χ2n) is 6.26. The number of aromatic nitrogens is 2. The van der Waals surface area contributed by atoms with Crippen molar-refractivity contribution < 1.29 is 9.72 Å². The number of nitro groups is 1. The summed E-state index contributed by atoms with van der Waals surface area (Å²) in [4.78, 5) is 29.0. The number of anilines is 1. The molecule has 0 saturated carbocycles. The predicted octanol–water partition coefficient (Wildman–Crippen LogP) is 1.98. The smallest absolute Gasteiger partial charge is 0.358 e. The molecule has 0 radical (unpaired) electrons. The summed E-state index contributed by atoms with van der Waals surface area (Å²) in [6, 6.07) is 5.16. The van der Waals surface area contributed by atoms with Crippen molar-refractivity contribution >= 4 is 23.2 Å². The molecule has 8 heteroatoms. The Morgan fingerprint density at radius 2 is 2.13 bits per heavy atom. The van der Waals surface area contributed by atoms with Gasteiger partial charge in [-0.1, -0.05) is 6.07 Å². The largest absolute Gasteiger partial charge is 0.372 e. The molecule has 2 rings (SSSR count). The molecule has 0 fully saturated rings. The summed E-state index contributed by atoms with van der Waals surface area (Å²) in [5, 5.41) is 14.3. The van der Waals surface area contributed by atoms with E-state index in [9.17, 15) is 14.9 Å². The number of carbonyl (C=O) groups is 1. The summed E-state index contributed by atoms with van der Waals surface area (Å²) < 4.78 is 1.42. The molecule has 0 aliphatic carbocycles. The maximum atomic E-state index is 12.1. The highest BCUT2D eigenvalue weighted by atomic mass is 16.6. The molecule has 8 nitrogen and oxygen atoms in total. The standard InChI is InChI=1S/C15H21N5O3/c1-5-18(10-12(21)17-15(2,3)4)13-14(20(22)23)19-9-7-6-8-11(19)16-13/h6-9H,5,10H2,1-4H3,(H,17,21). The van der Waals surface area contributed by atoms with Crippen LogP contribution in [0.1, 0.15) is 27.7 Å². The molecule has 0 bridgehead atoms. The average molecular weight is 319 g/mol. The predicted molar refractivity (Wildman–Crippen MR) is 87.6 cm³/mol. The van der Waals surface area contributed by atoms with Crippen LogP contribution in [0.25, 0.3) is 5.65 Å². The van der Waals surface area contributed by atoms with E-state index in [2.05, 4.69) is 10.3 Å². The van der Waals surface area contributed by atoms with E-state index in [1.54, 1.807) is 29.3 Å². The van der Waals surface area contributed by atoms with Gasteiger partial charge in [-0.2, -0.15) is 9.38 Å². The highest BCUT2D eigenvalue weighted by Gasteiger charge is 2.28. The lowest BCUT2D eigenvalue weighted by atomic mass is 10.1. The molecule has 0 aromatic carbocycles. The van der Waals surface area contributed by atoms with Gasteiger partial charge in [0.25, 0.3) is 0 Å². The van der Waals surface area contributed by atoms with Crippen LogP contribution in [0.5, 0.6) is 0 Å². The Morgan fingerprint density at radius 3 is 2.70 bits per heavy atom. The first kappa shape index (κ1) is 16.7. The van der Waals surface area contributed by atoms with E-state index in [4.69, 9.17) is 0 Å². The summed E-state index contributed by atoms with van der Waals surface area (Å²) in [7, 11) is 0. The third-order valence-corrected chi connectivity index (χ3v) is 3.19. The van der Waals surface area contributed by atoms with Gasteiger partial charge in [0.05, 0.1) is 12.7 Å². The quantitative estimate of drug-likeness (QED) is 0.672. The van der Waals surface area contributed by atoms with Crippen molar-refractivity contribution in [2.75, 3.05) is 18.0 Å². The Bertz CT molecular complexity index is 732. The SMILES string of the molecule is CCN(CC(=O)NC(C)(C)C)c1nc2ccccn2c1[N+](=O)[O-]. The number of imidazole rings is 1. The van der Waals surface area contributed by atoms with Gasteiger partial charge >= 0.3 is 5.82 Å². The van der Waals surface area contributed by atoms with Crippen LogP contribution in [0.15, 0.2) is 24.4 Å². The lowest BCUT2D eigenvalue weighted by molar-refractivity contribution is -0.389. The number of hydrogen-bond donors (Lipinski definition) is 1. The number of pyridine rings is 1. The van der Waals surface area contributed by atoms with Gasteiger partial charge < -0.3 is 20.3 Å². The van der Waals surface area contributed by atoms with E-state index in [1.165, 1.54) is 4.40 Å². The maximum absolute atomic E-state index is 12.1. The zero-order valence-corrected chi connectivity index (χ0v) is 13.7.